The molecule has 0 amide bonds. The second kappa shape index (κ2) is 4.81. The molecule has 82 valence electrons. The van der Waals surface area contributed by atoms with Crippen LogP contribution in [0.25, 0.3) is 0 Å². The summed E-state index contributed by atoms with van der Waals surface area (Å²) in [4.78, 5) is 10.5. The van der Waals surface area contributed by atoms with Crippen molar-refractivity contribution in [1.82, 2.24) is 0 Å². The Hall–Kier alpha value is -0.810. The lowest BCUT2D eigenvalue weighted by molar-refractivity contribution is -0.144. The van der Waals surface area contributed by atoms with E-state index in [9.17, 15) is 9.18 Å². The summed E-state index contributed by atoms with van der Waals surface area (Å²) in [5, 5.41) is 8.74. The molecule has 0 saturated carbocycles. The maximum absolute atomic E-state index is 13.1. The Labute approximate surface area is 98.9 Å². The maximum Gasteiger partial charge on any atom is 0.344 e. The summed E-state index contributed by atoms with van der Waals surface area (Å²) in [5.74, 6) is -1.70. The molecule has 0 bridgehead atoms. The monoisotopic (exact) mass is 296 g/mol. The summed E-state index contributed by atoms with van der Waals surface area (Å²) in [6.07, 6.45) is -1.08. The lowest BCUT2D eigenvalue weighted by Crippen LogP contribution is -2.23. The SMILES string of the molecule is C[C@H](Oc1cc(F)c(Br)cc1Cl)C(=O)O. The molecule has 0 unspecified atom stereocenters. The predicted molar refractivity (Wildman–Crippen MR) is 56.8 cm³/mol. The third-order valence-electron chi connectivity index (χ3n) is 1.63. The summed E-state index contributed by atoms with van der Waals surface area (Å²) >= 11 is 8.68. The van der Waals surface area contributed by atoms with Crippen molar-refractivity contribution in [2.75, 3.05) is 0 Å². The van der Waals surface area contributed by atoms with Crippen LogP contribution in [-0.2, 0) is 4.79 Å². The number of benzene rings is 1. The average Bonchev–Trinajstić information content (AvgIpc) is 2.13. The fraction of sp³-hybridized carbons (Fsp3) is 0.222. The number of rotatable bonds is 3. The van der Waals surface area contributed by atoms with Crippen molar-refractivity contribution >= 4 is 33.5 Å². The van der Waals surface area contributed by atoms with Crippen molar-refractivity contribution in [1.29, 1.82) is 0 Å². The molecule has 0 saturated heterocycles. The molecule has 1 N–H and O–H groups in total. The first kappa shape index (κ1) is 12.3. The molecule has 0 spiro atoms. The van der Waals surface area contributed by atoms with Gasteiger partial charge in [-0.25, -0.2) is 9.18 Å². The second-order valence-electron chi connectivity index (χ2n) is 2.80. The van der Waals surface area contributed by atoms with E-state index in [-0.39, 0.29) is 15.2 Å². The third kappa shape index (κ3) is 3.07. The van der Waals surface area contributed by atoms with Gasteiger partial charge in [0.05, 0.1) is 9.50 Å². The predicted octanol–water partition coefficient (Wildman–Crippen LogP) is 3.09. The molecule has 15 heavy (non-hydrogen) atoms. The Morgan fingerprint density at radius 1 is 1.67 bits per heavy atom. The van der Waals surface area contributed by atoms with Gasteiger partial charge < -0.3 is 9.84 Å². The van der Waals surface area contributed by atoms with E-state index in [4.69, 9.17) is 21.4 Å². The van der Waals surface area contributed by atoms with Crippen molar-refractivity contribution in [3.8, 4) is 5.75 Å². The zero-order chi connectivity index (χ0) is 11.6. The van der Waals surface area contributed by atoms with E-state index >= 15 is 0 Å². The van der Waals surface area contributed by atoms with Crippen molar-refractivity contribution in [2.45, 2.75) is 13.0 Å². The normalized spacial score (nSPS) is 12.3. The molecule has 0 aliphatic carbocycles. The Bertz CT molecular complexity index is 397. The Morgan fingerprint density at radius 3 is 2.80 bits per heavy atom. The molecule has 1 aromatic carbocycles. The molecule has 3 nitrogen and oxygen atoms in total. The highest BCUT2D eigenvalue weighted by molar-refractivity contribution is 9.10. The van der Waals surface area contributed by atoms with Crippen LogP contribution in [0.3, 0.4) is 0 Å². The minimum Gasteiger partial charge on any atom is -0.479 e. The van der Waals surface area contributed by atoms with Gasteiger partial charge in [-0.2, -0.15) is 0 Å². The van der Waals surface area contributed by atoms with E-state index < -0.39 is 17.9 Å². The number of aliphatic carboxylic acids is 1. The van der Waals surface area contributed by atoms with Crippen LogP contribution in [0, 0.1) is 5.82 Å². The number of ether oxygens (including phenoxy) is 1. The van der Waals surface area contributed by atoms with Crippen molar-refractivity contribution < 1.29 is 19.0 Å². The summed E-state index contributed by atoms with van der Waals surface area (Å²) < 4.78 is 18.2. The summed E-state index contributed by atoms with van der Waals surface area (Å²) in [6.45, 7) is 1.33. The Morgan fingerprint density at radius 2 is 2.27 bits per heavy atom. The number of hydrogen-bond donors (Lipinski definition) is 1. The van der Waals surface area contributed by atoms with Gasteiger partial charge in [0.25, 0.3) is 0 Å². The van der Waals surface area contributed by atoms with Crippen LogP contribution in [-0.4, -0.2) is 17.2 Å². The maximum atomic E-state index is 13.1. The van der Waals surface area contributed by atoms with E-state index in [1.807, 2.05) is 0 Å². The van der Waals surface area contributed by atoms with Gasteiger partial charge in [0.2, 0.25) is 0 Å². The topological polar surface area (TPSA) is 46.5 Å². The lowest BCUT2D eigenvalue weighted by atomic mass is 10.3. The zero-order valence-corrected chi connectivity index (χ0v) is 9.97. The highest BCUT2D eigenvalue weighted by atomic mass is 79.9. The molecule has 1 aromatic rings. The molecule has 0 heterocycles. The molecule has 0 aliphatic rings. The van der Waals surface area contributed by atoms with Crippen LogP contribution in [0.2, 0.25) is 5.02 Å². The molecular weight excluding hydrogens is 290 g/mol. The Kier molecular flexibility index (Phi) is 3.93. The first-order valence-corrected chi connectivity index (χ1v) is 5.13. The van der Waals surface area contributed by atoms with Crippen molar-refractivity contribution in [3.63, 3.8) is 0 Å². The van der Waals surface area contributed by atoms with Crippen LogP contribution < -0.4 is 4.74 Å². The third-order valence-corrected chi connectivity index (χ3v) is 2.53. The van der Waals surface area contributed by atoms with Crippen LogP contribution in [0.15, 0.2) is 16.6 Å². The average molecular weight is 298 g/mol. The van der Waals surface area contributed by atoms with Gasteiger partial charge >= 0.3 is 5.97 Å². The minimum atomic E-state index is -1.14. The number of carboxylic acid groups (broad SMARTS) is 1. The van der Waals surface area contributed by atoms with E-state index in [0.29, 0.717) is 0 Å². The highest BCUT2D eigenvalue weighted by Crippen LogP contribution is 2.30. The number of halogens is 3. The standard InChI is InChI=1S/C9H7BrClFO3/c1-4(9(13)14)15-8-3-7(12)5(10)2-6(8)11/h2-4H,1H3,(H,13,14)/t4-/m0/s1. The van der Waals surface area contributed by atoms with Gasteiger partial charge in [-0.3, -0.25) is 0 Å². The van der Waals surface area contributed by atoms with E-state index in [1.165, 1.54) is 13.0 Å². The number of carbonyl (C=O) groups is 1. The summed E-state index contributed by atoms with van der Waals surface area (Å²) in [6, 6.07) is 2.34. The molecule has 0 aromatic heterocycles. The minimum absolute atomic E-state index is 0.00673. The van der Waals surface area contributed by atoms with Gasteiger partial charge in [-0.1, -0.05) is 11.6 Å². The van der Waals surface area contributed by atoms with Crippen LogP contribution in [0.4, 0.5) is 4.39 Å². The van der Waals surface area contributed by atoms with Crippen molar-refractivity contribution in [3.05, 3.63) is 27.4 Å². The van der Waals surface area contributed by atoms with Gasteiger partial charge in [-0.05, 0) is 28.9 Å². The van der Waals surface area contributed by atoms with Crippen LogP contribution >= 0.6 is 27.5 Å². The largest absolute Gasteiger partial charge is 0.479 e. The number of hydrogen-bond acceptors (Lipinski definition) is 2. The smallest absolute Gasteiger partial charge is 0.344 e. The van der Waals surface area contributed by atoms with E-state index in [0.717, 1.165) is 6.07 Å². The zero-order valence-electron chi connectivity index (χ0n) is 7.63. The molecule has 0 aliphatic heterocycles. The van der Waals surface area contributed by atoms with Gasteiger partial charge in [0, 0.05) is 6.07 Å². The quantitative estimate of drug-likeness (QED) is 0.872. The molecule has 0 radical (unpaired) electrons. The fourth-order valence-electron chi connectivity index (χ4n) is 0.835. The molecule has 0 fully saturated rings. The fourth-order valence-corrected chi connectivity index (χ4v) is 1.52. The van der Waals surface area contributed by atoms with Gasteiger partial charge in [0.15, 0.2) is 6.10 Å². The first-order valence-electron chi connectivity index (χ1n) is 3.96. The lowest BCUT2D eigenvalue weighted by Gasteiger charge is -2.12. The Balaban J connectivity index is 2.95. The van der Waals surface area contributed by atoms with Gasteiger partial charge in [0.1, 0.15) is 11.6 Å². The molecule has 6 heteroatoms. The van der Waals surface area contributed by atoms with Crippen molar-refractivity contribution in [2.24, 2.45) is 0 Å². The van der Waals surface area contributed by atoms with Crippen LogP contribution in [0.1, 0.15) is 6.92 Å². The van der Waals surface area contributed by atoms with E-state index in [1.54, 1.807) is 0 Å². The molecule has 1 atom stereocenters. The second-order valence-corrected chi connectivity index (χ2v) is 4.06. The summed E-state index contributed by atoms with van der Waals surface area (Å²) in [7, 11) is 0. The number of carboxylic acids is 1. The van der Waals surface area contributed by atoms with E-state index in [2.05, 4.69) is 15.9 Å². The highest BCUT2D eigenvalue weighted by Gasteiger charge is 2.16. The van der Waals surface area contributed by atoms with Crippen LogP contribution in [0.5, 0.6) is 5.75 Å². The molecule has 1 rings (SSSR count). The first-order chi connectivity index (χ1) is 6.91. The van der Waals surface area contributed by atoms with Gasteiger partial charge in [-0.15, -0.1) is 0 Å². The summed E-state index contributed by atoms with van der Waals surface area (Å²) in [5.41, 5.74) is 0. The molecular formula is C9H7BrClFO3.